The number of piperidine rings is 1. The highest BCUT2D eigenvalue weighted by Crippen LogP contribution is 2.25. The minimum Gasteiger partial charge on any atom is -0.461 e. The fourth-order valence-electron chi connectivity index (χ4n) is 3.27. The molecule has 0 N–H and O–H groups in total. The van der Waals surface area contributed by atoms with Crippen molar-refractivity contribution in [2.75, 3.05) is 13.1 Å². The van der Waals surface area contributed by atoms with Crippen LogP contribution in [0.5, 0.6) is 0 Å². The number of rotatable bonds is 6. The van der Waals surface area contributed by atoms with Crippen LogP contribution in [0.15, 0.2) is 62.6 Å². The summed E-state index contributed by atoms with van der Waals surface area (Å²) in [5, 5.41) is 3.85. The first-order chi connectivity index (χ1) is 14.4. The van der Waals surface area contributed by atoms with Crippen LogP contribution in [0.25, 0.3) is 11.5 Å². The van der Waals surface area contributed by atoms with Crippen LogP contribution >= 0.6 is 0 Å². The Bertz CT molecular complexity index is 1100. The molecule has 1 aliphatic heterocycles. The molecule has 1 aliphatic rings. The molecule has 30 heavy (non-hydrogen) atoms. The number of ether oxygens (including phenoxy) is 1. The number of halogens is 1. The van der Waals surface area contributed by atoms with E-state index in [1.807, 2.05) is 0 Å². The van der Waals surface area contributed by atoms with Crippen molar-refractivity contribution in [2.45, 2.75) is 24.3 Å². The molecular weight excluding hydrogens is 415 g/mol. The van der Waals surface area contributed by atoms with E-state index in [9.17, 15) is 17.6 Å². The zero-order chi connectivity index (χ0) is 21.1. The van der Waals surface area contributed by atoms with Crippen molar-refractivity contribution in [3.8, 4) is 11.5 Å². The lowest BCUT2D eigenvalue weighted by molar-refractivity contribution is -0.151. The zero-order valence-electron chi connectivity index (χ0n) is 15.9. The number of hydrogen-bond acceptors (Lipinski definition) is 7. The number of hydrogen-bond donors (Lipinski definition) is 0. The molecular formula is C20H19FN2O6S. The van der Waals surface area contributed by atoms with Gasteiger partial charge < -0.3 is 13.7 Å². The predicted octanol–water partition coefficient (Wildman–Crippen LogP) is 3.22. The summed E-state index contributed by atoms with van der Waals surface area (Å²) in [6.45, 7) is 0.329. The molecule has 3 heterocycles. The summed E-state index contributed by atoms with van der Waals surface area (Å²) in [5.74, 6) is -0.351. The molecule has 0 spiro atoms. The van der Waals surface area contributed by atoms with Gasteiger partial charge in [-0.1, -0.05) is 5.16 Å². The molecule has 0 unspecified atom stereocenters. The molecule has 0 amide bonds. The van der Waals surface area contributed by atoms with Gasteiger partial charge in [0.1, 0.15) is 18.1 Å². The highest BCUT2D eigenvalue weighted by molar-refractivity contribution is 7.89. The Morgan fingerprint density at radius 1 is 1.17 bits per heavy atom. The Labute approximate surface area is 172 Å². The largest absolute Gasteiger partial charge is 0.461 e. The first-order valence-corrected chi connectivity index (χ1v) is 10.8. The number of carbonyl (C=O) groups is 1. The molecule has 1 saturated heterocycles. The molecule has 0 bridgehead atoms. The van der Waals surface area contributed by atoms with Crippen molar-refractivity contribution in [2.24, 2.45) is 5.92 Å². The Hall–Kier alpha value is -2.98. The summed E-state index contributed by atoms with van der Waals surface area (Å²) in [4.78, 5) is 12.4. The fourth-order valence-corrected chi connectivity index (χ4v) is 4.73. The normalized spacial score (nSPS) is 15.9. The van der Waals surface area contributed by atoms with Crippen LogP contribution in [0.4, 0.5) is 4.39 Å². The summed E-state index contributed by atoms with van der Waals surface area (Å²) in [5.41, 5.74) is 0.450. The summed E-state index contributed by atoms with van der Waals surface area (Å²) in [6, 6.07) is 9.77. The van der Waals surface area contributed by atoms with Crippen LogP contribution in [-0.4, -0.2) is 36.9 Å². The topological polar surface area (TPSA) is 103 Å². The number of sulfonamides is 1. The second-order valence-corrected chi connectivity index (χ2v) is 8.84. The maximum atomic E-state index is 13.1. The van der Waals surface area contributed by atoms with E-state index in [4.69, 9.17) is 13.7 Å². The standard InChI is InChI=1S/C20H19FN2O6S/c21-15-3-5-17(6-4-15)30(25,26)23-9-7-14(8-10-23)20(24)28-13-16-12-19(29-22-16)18-2-1-11-27-18/h1-6,11-12,14H,7-10,13H2. The van der Waals surface area contributed by atoms with Crippen molar-refractivity contribution >= 4 is 16.0 Å². The lowest BCUT2D eigenvalue weighted by atomic mass is 9.98. The van der Waals surface area contributed by atoms with E-state index < -0.39 is 27.7 Å². The molecule has 0 saturated carbocycles. The van der Waals surface area contributed by atoms with Gasteiger partial charge in [-0.25, -0.2) is 12.8 Å². The van der Waals surface area contributed by atoms with Crippen LogP contribution in [0.1, 0.15) is 18.5 Å². The van der Waals surface area contributed by atoms with Gasteiger partial charge in [-0.05, 0) is 49.2 Å². The number of carbonyl (C=O) groups excluding carboxylic acids is 1. The van der Waals surface area contributed by atoms with Gasteiger partial charge in [-0.3, -0.25) is 4.79 Å². The average Bonchev–Trinajstić information content (AvgIpc) is 3.44. The monoisotopic (exact) mass is 434 g/mol. The average molecular weight is 434 g/mol. The summed E-state index contributed by atoms with van der Waals surface area (Å²) in [6.07, 6.45) is 2.20. The molecule has 8 nitrogen and oxygen atoms in total. The van der Waals surface area contributed by atoms with E-state index in [2.05, 4.69) is 5.16 Å². The minimum atomic E-state index is -3.72. The number of nitrogens with zero attached hydrogens (tertiary/aromatic N) is 2. The minimum absolute atomic E-state index is 0.0309. The molecule has 1 aromatic carbocycles. The van der Waals surface area contributed by atoms with E-state index in [-0.39, 0.29) is 24.6 Å². The molecule has 0 atom stereocenters. The SMILES string of the molecule is O=C(OCc1cc(-c2ccco2)on1)C1CCN(S(=O)(=O)c2ccc(F)cc2)CC1. The van der Waals surface area contributed by atoms with Gasteiger partial charge in [0.2, 0.25) is 15.8 Å². The maximum Gasteiger partial charge on any atom is 0.309 e. The van der Waals surface area contributed by atoms with Gasteiger partial charge in [-0.15, -0.1) is 0 Å². The van der Waals surface area contributed by atoms with Crippen LogP contribution in [0.2, 0.25) is 0 Å². The summed E-state index contributed by atoms with van der Waals surface area (Å²) < 4.78 is 55.3. The summed E-state index contributed by atoms with van der Waals surface area (Å²) >= 11 is 0. The number of aromatic nitrogens is 1. The lowest BCUT2D eigenvalue weighted by Gasteiger charge is -2.30. The molecule has 158 valence electrons. The number of benzene rings is 1. The van der Waals surface area contributed by atoms with E-state index in [0.29, 0.717) is 30.1 Å². The summed E-state index contributed by atoms with van der Waals surface area (Å²) in [7, 11) is -3.72. The molecule has 2 aromatic heterocycles. The van der Waals surface area contributed by atoms with E-state index >= 15 is 0 Å². The number of furan rings is 1. The first-order valence-electron chi connectivity index (χ1n) is 9.35. The predicted molar refractivity (Wildman–Crippen MR) is 102 cm³/mol. The Balaban J connectivity index is 1.29. The smallest absolute Gasteiger partial charge is 0.309 e. The lowest BCUT2D eigenvalue weighted by Crippen LogP contribution is -2.40. The Kier molecular flexibility index (Phi) is 5.69. The Morgan fingerprint density at radius 3 is 2.57 bits per heavy atom. The maximum absolute atomic E-state index is 13.1. The molecule has 10 heteroatoms. The third-order valence-electron chi connectivity index (χ3n) is 4.92. The van der Waals surface area contributed by atoms with Crippen LogP contribution in [0, 0.1) is 11.7 Å². The van der Waals surface area contributed by atoms with Gasteiger partial charge in [0.05, 0.1) is 17.1 Å². The Morgan fingerprint density at radius 2 is 1.90 bits per heavy atom. The third-order valence-corrected chi connectivity index (χ3v) is 6.84. The van der Waals surface area contributed by atoms with Crippen LogP contribution in [-0.2, 0) is 26.2 Å². The zero-order valence-corrected chi connectivity index (χ0v) is 16.7. The van der Waals surface area contributed by atoms with Crippen molar-refractivity contribution in [3.05, 3.63) is 60.2 Å². The van der Waals surface area contributed by atoms with E-state index in [1.54, 1.807) is 18.2 Å². The molecule has 0 radical (unpaired) electrons. The van der Waals surface area contributed by atoms with Crippen LogP contribution in [0.3, 0.4) is 0 Å². The third kappa shape index (κ3) is 4.29. The second kappa shape index (κ2) is 8.41. The van der Waals surface area contributed by atoms with Gasteiger partial charge >= 0.3 is 5.97 Å². The van der Waals surface area contributed by atoms with Crippen molar-refractivity contribution in [3.63, 3.8) is 0 Å². The van der Waals surface area contributed by atoms with Gasteiger partial charge in [0.25, 0.3) is 0 Å². The van der Waals surface area contributed by atoms with E-state index in [1.165, 1.54) is 22.7 Å². The molecule has 4 rings (SSSR count). The van der Waals surface area contributed by atoms with Crippen molar-refractivity contribution in [1.29, 1.82) is 0 Å². The van der Waals surface area contributed by atoms with Gasteiger partial charge in [0.15, 0.2) is 5.76 Å². The highest BCUT2D eigenvalue weighted by Gasteiger charge is 2.33. The fraction of sp³-hybridized carbons (Fsp3) is 0.300. The quantitative estimate of drug-likeness (QED) is 0.549. The van der Waals surface area contributed by atoms with Crippen molar-refractivity contribution in [1.82, 2.24) is 9.46 Å². The number of esters is 1. The van der Waals surface area contributed by atoms with Crippen LogP contribution < -0.4 is 0 Å². The van der Waals surface area contributed by atoms with Crippen molar-refractivity contribution < 1.29 is 31.3 Å². The first kappa shape index (κ1) is 20.3. The highest BCUT2D eigenvalue weighted by atomic mass is 32.2. The van der Waals surface area contributed by atoms with Gasteiger partial charge in [0, 0.05) is 19.2 Å². The van der Waals surface area contributed by atoms with Gasteiger partial charge in [-0.2, -0.15) is 4.31 Å². The second-order valence-electron chi connectivity index (χ2n) is 6.90. The molecule has 0 aliphatic carbocycles. The molecule has 3 aromatic rings. The van der Waals surface area contributed by atoms with E-state index in [0.717, 1.165) is 12.1 Å². The molecule has 1 fully saturated rings.